The molecule has 4 N–H and O–H groups in total. The molecule has 51 heavy (non-hydrogen) atoms. The monoisotopic (exact) mass is 733 g/mol. The van der Waals surface area contributed by atoms with Crippen LogP contribution in [0.3, 0.4) is 0 Å². The Bertz CT molecular complexity index is 1460. The van der Waals surface area contributed by atoms with Gasteiger partial charge in [-0.05, 0) is 96.8 Å². The van der Waals surface area contributed by atoms with Crippen LogP contribution in [-0.2, 0) is 29.0 Å². The lowest BCUT2D eigenvalue weighted by Gasteiger charge is -2.41. The van der Waals surface area contributed by atoms with Gasteiger partial charge in [0.1, 0.15) is 12.1 Å². The SMILES string of the molecule is CC(C)=C[C@@H]1C[C@@H](C(=O)N[C@H](CCC2CC2)C(=O)C(=O)NC2CC2)N(C(=O)[C@@H](NC(=O)NC2(CS(=O)(=O)C(C)(C)C)CCCCC2)C(C)(C)C)C1. The van der Waals surface area contributed by atoms with Gasteiger partial charge in [-0.1, -0.05) is 64.5 Å². The number of carbonyl (C=O) groups excluding carboxylic acids is 5. The van der Waals surface area contributed by atoms with E-state index in [4.69, 9.17) is 0 Å². The molecule has 5 amide bonds. The maximum absolute atomic E-state index is 14.5. The molecule has 4 aliphatic rings. The van der Waals surface area contributed by atoms with Gasteiger partial charge in [0, 0.05) is 12.6 Å². The predicted octanol–water partition coefficient (Wildman–Crippen LogP) is 4.32. The van der Waals surface area contributed by atoms with Gasteiger partial charge in [-0.2, -0.15) is 0 Å². The molecule has 3 saturated carbocycles. The van der Waals surface area contributed by atoms with Crippen LogP contribution in [0.2, 0.25) is 0 Å². The second-order valence-electron chi connectivity index (χ2n) is 18.1. The molecule has 1 saturated heterocycles. The molecule has 12 nitrogen and oxygen atoms in total. The van der Waals surface area contributed by atoms with Crippen LogP contribution in [-0.4, -0.2) is 89.6 Å². The Morgan fingerprint density at radius 2 is 1.53 bits per heavy atom. The highest BCUT2D eigenvalue weighted by Gasteiger charge is 2.47. The van der Waals surface area contributed by atoms with Crippen LogP contribution in [0.1, 0.15) is 132 Å². The van der Waals surface area contributed by atoms with E-state index in [-0.39, 0.29) is 24.3 Å². The van der Waals surface area contributed by atoms with Gasteiger partial charge >= 0.3 is 6.03 Å². The zero-order valence-electron chi connectivity index (χ0n) is 32.2. The van der Waals surface area contributed by atoms with Gasteiger partial charge in [-0.3, -0.25) is 19.2 Å². The Morgan fingerprint density at radius 1 is 0.902 bits per heavy atom. The number of allylic oxidation sites excluding steroid dienone is 1. The molecular weight excluding hydrogens is 671 g/mol. The third-order valence-corrected chi connectivity index (χ3v) is 13.6. The fraction of sp³-hybridized carbons (Fsp3) is 0.816. The number of hydrogen-bond acceptors (Lipinski definition) is 7. The quantitative estimate of drug-likeness (QED) is 0.152. The highest BCUT2D eigenvalue weighted by Crippen LogP contribution is 2.35. The van der Waals surface area contributed by atoms with Gasteiger partial charge in [-0.15, -0.1) is 0 Å². The first-order valence-electron chi connectivity index (χ1n) is 19.0. The number of rotatable bonds is 14. The lowest BCUT2D eigenvalue weighted by molar-refractivity contribution is -0.144. The molecule has 4 rings (SSSR count). The number of amides is 5. The standard InChI is InChI=1S/C38H63N5O7S/c1-24(2)20-26-21-29(32(45)40-28(17-14-25-12-13-25)30(44)33(46)39-27-15-16-27)43(22-26)34(47)31(36(3,4)5)41-35(48)42-38(18-10-9-11-19-38)23-51(49,50)37(6,7)8/h20,25-29,31H,9-19,21-23H2,1-8H3,(H,39,46)(H,40,45)(H2,41,42,48)/t26-,28-,29+,31-/m1/s1. The van der Waals surface area contributed by atoms with Crippen LogP contribution in [0, 0.1) is 17.3 Å². The maximum atomic E-state index is 14.5. The summed E-state index contributed by atoms with van der Waals surface area (Å²) >= 11 is 0. The molecule has 0 spiro atoms. The number of carbonyl (C=O) groups is 5. The van der Waals surface area contributed by atoms with Crippen LogP contribution in [0.15, 0.2) is 11.6 Å². The highest BCUT2D eigenvalue weighted by atomic mass is 32.2. The molecule has 288 valence electrons. The molecule has 0 aromatic rings. The molecule has 3 aliphatic carbocycles. The number of hydrogen-bond donors (Lipinski definition) is 4. The Kier molecular flexibility index (Phi) is 12.8. The molecule has 1 aliphatic heterocycles. The van der Waals surface area contributed by atoms with Gasteiger partial charge in [0.15, 0.2) is 9.84 Å². The number of nitrogens with zero attached hydrogens (tertiary/aromatic N) is 1. The summed E-state index contributed by atoms with van der Waals surface area (Å²) in [5.41, 5.74) is -0.695. The smallest absolute Gasteiger partial charge is 0.315 e. The Labute approximate surface area is 305 Å². The van der Waals surface area contributed by atoms with Crippen LogP contribution in [0.25, 0.3) is 0 Å². The minimum absolute atomic E-state index is 0.00363. The largest absolute Gasteiger partial charge is 0.347 e. The molecule has 0 aromatic carbocycles. The Morgan fingerprint density at radius 3 is 2.06 bits per heavy atom. The number of sulfone groups is 1. The van der Waals surface area contributed by atoms with Crippen LogP contribution in [0.5, 0.6) is 0 Å². The van der Waals surface area contributed by atoms with E-state index < -0.39 is 73.2 Å². The minimum Gasteiger partial charge on any atom is -0.347 e. The first-order chi connectivity index (χ1) is 23.6. The number of ketones is 1. The van der Waals surface area contributed by atoms with E-state index in [2.05, 4.69) is 21.3 Å². The average Bonchev–Trinajstić information content (AvgIpc) is 3.95. The first kappa shape index (κ1) is 40.8. The van der Waals surface area contributed by atoms with Crippen molar-refractivity contribution in [2.24, 2.45) is 17.3 Å². The van der Waals surface area contributed by atoms with Crippen molar-refractivity contribution in [3.05, 3.63) is 11.6 Å². The van der Waals surface area contributed by atoms with E-state index in [1.165, 1.54) is 4.90 Å². The van der Waals surface area contributed by atoms with Crippen molar-refractivity contribution in [2.75, 3.05) is 12.3 Å². The first-order valence-corrected chi connectivity index (χ1v) is 20.7. The zero-order valence-corrected chi connectivity index (χ0v) is 33.0. The van der Waals surface area contributed by atoms with Crippen LogP contribution in [0.4, 0.5) is 4.79 Å². The number of urea groups is 1. The molecule has 0 aromatic heterocycles. The molecule has 4 atom stereocenters. The van der Waals surface area contributed by atoms with Crippen molar-refractivity contribution in [3.8, 4) is 0 Å². The zero-order chi connectivity index (χ0) is 37.9. The molecular formula is C38H63N5O7S. The summed E-state index contributed by atoms with van der Waals surface area (Å²) in [6.07, 6.45) is 10.8. The molecule has 13 heteroatoms. The average molecular weight is 734 g/mol. The second kappa shape index (κ2) is 16.0. The van der Waals surface area contributed by atoms with Gasteiger partial charge in [0.25, 0.3) is 5.91 Å². The topological polar surface area (TPSA) is 171 Å². The normalized spacial score (nSPS) is 23.4. The van der Waals surface area contributed by atoms with Crippen LogP contribution >= 0.6 is 0 Å². The summed E-state index contributed by atoms with van der Waals surface area (Å²) in [6, 6.07) is -3.58. The van der Waals surface area contributed by atoms with Crippen molar-refractivity contribution < 1.29 is 32.4 Å². The fourth-order valence-corrected chi connectivity index (χ4v) is 8.80. The maximum Gasteiger partial charge on any atom is 0.315 e. The van der Waals surface area contributed by atoms with Crippen molar-refractivity contribution in [3.63, 3.8) is 0 Å². The van der Waals surface area contributed by atoms with E-state index >= 15 is 0 Å². The summed E-state index contributed by atoms with van der Waals surface area (Å²) in [7, 11) is -3.57. The molecule has 0 radical (unpaired) electrons. The predicted molar refractivity (Wildman–Crippen MR) is 197 cm³/mol. The van der Waals surface area contributed by atoms with Crippen molar-refractivity contribution >= 4 is 39.4 Å². The molecule has 4 fully saturated rings. The van der Waals surface area contributed by atoms with Gasteiger partial charge in [-0.25, -0.2) is 13.2 Å². The Hall–Kier alpha value is -2.96. The molecule has 0 bridgehead atoms. The third-order valence-electron chi connectivity index (χ3n) is 10.8. The lowest BCUT2D eigenvalue weighted by Crippen LogP contribution is -2.63. The highest BCUT2D eigenvalue weighted by molar-refractivity contribution is 7.92. The van der Waals surface area contributed by atoms with Gasteiger partial charge in [0.2, 0.25) is 17.6 Å². The number of nitrogens with one attached hydrogen (secondary N) is 4. The Balaban J connectivity index is 1.55. The number of Topliss-reactive ketones (excluding diaryl/α,β-unsaturated/α-hetero) is 1. The fourth-order valence-electron chi connectivity index (χ4n) is 7.28. The summed E-state index contributed by atoms with van der Waals surface area (Å²) in [5, 5.41) is 11.5. The van der Waals surface area contributed by atoms with Crippen LogP contribution < -0.4 is 21.3 Å². The third kappa shape index (κ3) is 11.3. The summed E-state index contributed by atoms with van der Waals surface area (Å²) in [4.78, 5) is 70.0. The summed E-state index contributed by atoms with van der Waals surface area (Å²) in [5.74, 6) is -2.11. The minimum atomic E-state index is -3.57. The van der Waals surface area contributed by atoms with Crippen molar-refractivity contribution in [1.29, 1.82) is 0 Å². The van der Waals surface area contributed by atoms with Crippen molar-refractivity contribution in [1.82, 2.24) is 26.2 Å². The lowest BCUT2D eigenvalue weighted by atomic mass is 9.83. The number of likely N-dealkylation sites (tertiary alicyclic amines) is 1. The summed E-state index contributed by atoms with van der Waals surface area (Å²) in [6.45, 7) is 14.6. The van der Waals surface area contributed by atoms with E-state index in [0.29, 0.717) is 31.6 Å². The second-order valence-corrected chi connectivity index (χ2v) is 20.8. The molecule has 0 unspecified atom stereocenters. The van der Waals surface area contributed by atoms with E-state index in [1.807, 2.05) is 40.7 Å². The van der Waals surface area contributed by atoms with Crippen molar-refractivity contribution in [2.45, 2.75) is 167 Å². The van der Waals surface area contributed by atoms with E-state index in [0.717, 1.165) is 56.9 Å². The molecule has 1 heterocycles. The summed E-state index contributed by atoms with van der Waals surface area (Å²) < 4.78 is 25.7. The van der Waals surface area contributed by atoms with Gasteiger partial charge < -0.3 is 26.2 Å². The van der Waals surface area contributed by atoms with E-state index in [9.17, 15) is 32.4 Å². The van der Waals surface area contributed by atoms with E-state index in [1.54, 1.807) is 20.8 Å². The van der Waals surface area contributed by atoms with Gasteiger partial charge in [0.05, 0.1) is 22.1 Å².